The van der Waals surface area contributed by atoms with E-state index >= 15 is 0 Å². The Morgan fingerprint density at radius 2 is 2.00 bits per heavy atom. The molecule has 1 aromatic rings. The monoisotopic (exact) mass is 303 g/mol. The van der Waals surface area contributed by atoms with E-state index in [0.717, 1.165) is 11.1 Å². The van der Waals surface area contributed by atoms with Crippen molar-refractivity contribution in [3.63, 3.8) is 0 Å². The predicted octanol–water partition coefficient (Wildman–Crippen LogP) is 4.26. The molecule has 0 aliphatic carbocycles. The molecule has 0 saturated heterocycles. The van der Waals surface area contributed by atoms with E-state index in [1.807, 2.05) is 43.3 Å². The van der Waals surface area contributed by atoms with Crippen LogP contribution >= 0.6 is 34.8 Å². The molecule has 0 spiro atoms. The predicted molar refractivity (Wildman–Crippen MR) is 77.6 cm³/mol. The quantitative estimate of drug-likeness (QED) is 0.748. The number of rotatable bonds is 2. The van der Waals surface area contributed by atoms with E-state index in [-0.39, 0.29) is 11.9 Å². The summed E-state index contributed by atoms with van der Waals surface area (Å²) in [5, 5.41) is 0. The standard InChI is InChI=1S/C13H12Cl3NO/c1-9(10-5-3-2-4-6-10)7-11-8-18-12(17-11)13(14,15)16/h2-7,11H,8H2,1H3/b9-7+. The van der Waals surface area contributed by atoms with Gasteiger partial charge in [-0.05, 0) is 18.1 Å². The molecule has 0 radical (unpaired) electrons. The second-order valence-electron chi connectivity index (χ2n) is 4.03. The summed E-state index contributed by atoms with van der Waals surface area (Å²) < 4.78 is 3.70. The van der Waals surface area contributed by atoms with Gasteiger partial charge in [0.15, 0.2) is 0 Å². The third-order valence-corrected chi connectivity index (χ3v) is 3.07. The summed E-state index contributed by atoms with van der Waals surface area (Å²) in [6.45, 7) is 2.44. The molecule has 1 heterocycles. The van der Waals surface area contributed by atoms with Crippen molar-refractivity contribution in [2.24, 2.45) is 4.99 Å². The average Bonchev–Trinajstić information content (AvgIpc) is 2.78. The van der Waals surface area contributed by atoms with Crippen molar-refractivity contribution in [1.82, 2.24) is 0 Å². The number of ether oxygens (including phenoxy) is 1. The molecule has 0 bridgehead atoms. The maximum Gasteiger partial charge on any atom is 0.266 e. The van der Waals surface area contributed by atoms with Gasteiger partial charge in [-0.25, -0.2) is 4.99 Å². The van der Waals surface area contributed by atoms with Crippen LogP contribution in [0.4, 0.5) is 0 Å². The first-order chi connectivity index (χ1) is 8.47. The van der Waals surface area contributed by atoms with Gasteiger partial charge in [-0.2, -0.15) is 0 Å². The Labute approximate surface area is 121 Å². The van der Waals surface area contributed by atoms with Crippen LogP contribution in [0.25, 0.3) is 5.57 Å². The molecule has 96 valence electrons. The van der Waals surface area contributed by atoms with Crippen LogP contribution in [0.2, 0.25) is 0 Å². The van der Waals surface area contributed by atoms with Gasteiger partial charge in [-0.1, -0.05) is 71.2 Å². The Kier molecular flexibility index (Phi) is 4.21. The summed E-state index contributed by atoms with van der Waals surface area (Å²) in [6, 6.07) is 9.95. The van der Waals surface area contributed by atoms with Crippen molar-refractivity contribution < 1.29 is 4.74 Å². The van der Waals surface area contributed by atoms with Gasteiger partial charge in [-0.15, -0.1) is 0 Å². The molecule has 18 heavy (non-hydrogen) atoms. The third-order valence-electron chi connectivity index (χ3n) is 2.59. The van der Waals surface area contributed by atoms with Gasteiger partial charge in [0, 0.05) is 0 Å². The molecule has 1 atom stereocenters. The normalized spacial score (nSPS) is 20.6. The molecule has 0 saturated carbocycles. The van der Waals surface area contributed by atoms with Crippen LogP contribution in [0.1, 0.15) is 12.5 Å². The fourth-order valence-corrected chi connectivity index (χ4v) is 2.03. The molecule has 1 aliphatic heterocycles. The summed E-state index contributed by atoms with van der Waals surface area (Å²) in [4.78, 5) is 4.25. The largest absolute Gasteiger partial charge is 0.475 e. The van der Waals surface area contributed by atoms with Crippen molar-refractivity contribution >= 4 is 46.3 Å². The van der Waals surface area contributed by atoms with Gasteiger partial charge in [0.05, 0.1) is 0 Å². The molecule has 2 nitrogen and oxygen atoms in total. The smallest absolute Gasteiger partial charge is 0.266 e. The molecular weight excluding hydrogens is 293 g/mol. The number of aliphatic imine (C=N–C) groups is 1. The lowest BCUT2D eigenvalue weighted by molar-refractivity contribution is 0.326. The number of benzene rings is 1. The number of alkyl halides is 3. The van der Waals surface area contributed by atoms with Crippen LogP contribution < -0.4 is 0 Å². The minimum absolute atomic E-state index is 0.101. The van der Waals surface area contributed by atoms with Gasteiger partial charge in [0.25, 0.3) is 3.79 Å². The topological polar surface area (TPSA) is 21.6 Å². The van der Waals surface area contributed by atoms with Crippen molar-refractivity contribution in [1.29, 1.82) is 0 Å². The fourth-order valence-electron chi connectivity index (χ4n) is 1.72. The zero-order valence-electron chi connectivity index (χ0n) is 9.74. The third kappa shape index (κ3) is 3.41. The summed E-state index contributed by atoms with van der Waals surface area (Å²) in [5.74, 6) is 0.162. The second kappa shape index (κ2) is 5.52. The maximum absolute atomic E-state index is 5.71. The van der Waals surface area contributed by atoms with E-state index in [2.05, 4.69) is 4.99 Å². The van der Waals surface area contributed by atoms with Crippen LogP contribution in [0.3, 0.4) is 0 Å². The van der Waals surface area contributed by atoms with Crippen molar-refractivity contribution in [2.45, 2.75) is 16.8 Å². The highest BCUT2D eigenvalue weighted by Gasteiger charge is 2.34. The zero-order chi connectivity index (χ0) is 13.2. The lowest BCUT2D eigenvalue weighted by Crippen LogP contribution is -2.18. The molecule has 0 amide bonds. The van der Waals surface area contributed by atoms with E-state index in [1.54, 1.807) is 0 Å². The molecule has 0 N–H and O–H groups in total. The fraction of sp³-hybridized carbons (Fsp3) is 0.308. The molecular formula is C13H12Cl3NO. The van der Waals surface area contributed by atoms with Crippen molar-refractivity contribution in [3.05, 3.63) is 42.0 Å². The summed E-state index contributed by atoms with van der Waals surface area (Å²) in [7, 11) is 0. The highest BCUT2D eigenvalue weighted by molar-refractivity contribution is 6.76. The van der Waals surface area contributed by atoms with Crippen LogP contribution in [0.5, 0.6) is 0 Å². The van der Waals surface area contributed by atoms with Gasteiger partial charge in [-0.3, -0.25) is 0 Å². The first-order valence-corrected chi connectivity index (χ1v) is 6.62. The second-order valence-corrected chi connectivity index (χ2v) is 6.31. The van der Waals surface area contributed by atoms with E-state index < -0.39 is 3.79 Å². The SMILES string of the molecule is C/C(=C\C1COC(C(Cl)(Cl)Cl)=N1)c1ccccc1. The summed E-state index contributed by atoms with van der Waals surface area (Å²) >= 11 is 17.1. The Morgan fingerprint density at radius 1 is 1.33 bits per heavy atom. The zero-order valence-corrected chi connectivity index (χ0v) is 12.0. The Bertz CT molecular complexity index is 477. The lowest BCUT2D eigenvalue weighted by atomic mass is 10.1. The van der Waals surface area contributed by atoms with Crippen LogP contribution in [0.15, 0.2) is 41.4 Å². The number of halogens is 3. The highest BCUT2D eigenvalue weighted by Crippen LogP contribution is 2.31. The van der Waals surface area contributed by atoms with Crippen LogP contribution in [0, 0.1) is 0 Å². The van der Waals surface area contributed by atoms with Crippen molar-refractivity contribution in [2.75, 3.05) is 6.61 Å². The first-order valence-electron chi connectivity index (χ1n) is 5.48. The molecule has 5 heteroatoms. The van der Waals surface area contributed by atoms with E-state index in [1.165, 1.54) is 0 Å². The lowest BCUT2D eigenvalue weighted by Gasteiger charge is -2.08. The van der Waals surface area contributed by atoms with Crippen LogP contribution in [-0.4, -0.2) is 22.3 Å². The molecule has 2 rings (SSSR count). The van der Waals surface area contributed by atoms with Gasteiger partial charge < -0.3 is 4.74 Å². The number of nitrogens with zero attached hydrogens (tertiary/aromatic N) is 1. The number of hydrogen-bond donors (Lipinski definition) is 0. The van der Waals surface area contributed by atoms with Gasteiger partial charge in [0.2, 0.25) is 5.90 Å². The van der Waals surface area contributed by atoms with E-state index in [9.17, 15) is 0 Å². The summed E-state index contributed by atoms with van der Waals surface area (Å²) in [6.07, 6.45) is 2.01. The first kappa shape index (κ1) is 13.7. The van der Waals surface area contributed by atoms with Crippen LogP contribution in [-0.2, 0) is 4.74 Å². The molecule has 0 fully saturated rings. The number of hydrogen-bond acceptors (Lipinski definition) is 2. The van der Waals surface area contributed by atoms with E-state index in [4.69, 9.17) is 39.5 Å². The van der Waals surface area contributed by atoms with E-state index in [0.29, 0.717) is 6.61 Å². The summed E-state index contributed by atoms with van der Waals surface area (Å²) in [5.41, 5.74) is 2.27. The molecule has 1 unspecified atom stereocenters. The minimum Gasteiger partial charge on any atom is -0.475 e. The Morgan fingerprint density at radius 3 is 2.56 bits per heavy atom. The van der Waals surface area contributed by atoms with Gasteiger partial charge in [0.1, 0.15) is 12.6 Å². The molecule has 0 aromatic heterocycles. The highest BCUT2D eigenvalue weighted by atomic mass is 35.6. The minimum atomic E-state index is -1.58. The average molecular weight is 305 g/mol. The Hall–Kier alpha value is -0.700. The molecule has 1 aliphatic rings. The van der Waals surface area contributed by atoms with Gasteiger partial charge >= 0.3 is 0 Å². The number of allylic oxidation sites excluding steroid dienone is 1. The Balaban J connectivity index is 2.14. The maximum atomic E-state index is 5.71. The molecule has 1 aromatic carbocycles. The van der Waals surface area contributed by atoms with Crippen molar-refractivity contribution in [3.8, 4) is 0 Å².